The first-order valence-electron chi connectivity index (χ1n) is 4.78. The first-order chi connectivity index (χ1) is 7.58. The van der Waals surface area contributed by atoms with E-state index in [4.69, 9.17) is 10.8 Å². The third-order valence-corrected chi connectivity index (χ3v) is 2.43. The van der Waals surface area contributed by atoms with Gasteiger partial charge in [0.2, 0.25) is 11.4 Å². The first kappa shape index (κ1) is 11.0. The summed E-state index contributed by atoms with van der Waals surface area (Å²) in [6, 6.07) is 6.34. The number of nitrogens with one attached hydrogen (secondary N) is 1. The molecule has 86 valence electrons. The van der Waals surface area contributed by atoms with E-state index < -0.39 is 9.82 Å². The number of hydrogen-bond donors (Lipinski definition) is 3. The molecule has 0 saturated carbocycles. The van der Waals surface area contributed by atoms with Gasteiger partial charge in [-0.2, -0.15) is 4.76 Å². The van der Waals surface area contributed by atoms with Crippen LogP contribution in [0.4, 0.5) is 11.4 Å². The van der Waals surface area contributed by atoms with Crippen LogP contribution in [0.25, 0.3) is 0 Å². The molecule has 0 amide bonds. The van der Waals surface area contributed by atoms with Crippen LogP contribution in [0.15, 0.2) is 29.4 Å². The molecule has 0 radical (unpaired) electrons. The number of hydrogen-bond acceptors (Lipinski definition) is 5. The van der Waals surface area contributed by atoms with Crippen molar-refractivity contribution in [2.45, 2.75) is 0 Å². The standard InChI is InChI=1S/C9H12N4O3/c10-9-11-13(16,5-6-14)8-4-2-1-3-7(8)12(9)15/h1-4,12,14H,5-6H2,(H2,10,11). The van der Waals surface area contributed by atoms with Gasteiger partial charge in [0, 0.05) is 17.2 Å². The van der Waals surface area contributed by atoms with Crippen LogP contribution in [-0.2, 0) is 0 Å². The molecule has 7 nitrogen and oxygen atoms in total. The number of guanidine groups is 1. The summed E-state index contributed by atoms with van der Waals surface area (Å²) in [5.41, 5.74) is 5.87. The molecule has 2 unspecified atom stereocenters. The molecule has 4 N–H and O–H groups in total. The predicted octanol–water partition coefficient (Wildman–Crippen LogP) is -1.26. The van der Waals surface area contributed by atoms with Gasteiger partial charge < -0.3 is 21.3 Å². The van der Waals surface area contributed by atoms with Crippen LogP contribution in [0, 0.1) is 10.4 Å². The summed E-state index contributed by atoms with van der Waals surface area (Å²) in [5, 5.41) is 35.9. The van der Waals surface area contributed by atoms with E-state index in [2.05, 4.69) is 5.10 Å². The second-order valence-corrected chi connectivity index (χ2v) is 3.48. The Labute approximate surface area is 91.7 Å². The number of nitrogens with two attached hydrogens (primary N) is 1. The van der Waals surface area contributed by atoms with E-state index in [9.17, 15) is 10.4 Å². The van der Waals surface area contributed by atoms with Crippen LogP contribution in [0.3, 0.4) is 0 Å². The molecule has 0 aromatic heterocycles. The van der Waals surface area contributed by atoms with Crippen molar-refractivity contribution >= 4 is 17.3 Å². The number of nitrogens with zero attached hydrogens (tertiary/aromatic N) is 2. The van der Waals surface area contributed by atoms with Crippen LogP contribution in [0.1, 0.15) is 0 Å². The Bertz CT molecular complexity index is 437. The van der Waals surface area contributed by atoms with E-state index in [-0.39, 0.29) is 30.5 Å². The van der Waals surface area contributed by atoms with Gasteiger partial charge >= 0.3 is 5.96 Å². The molecule has 7 heteroatoms. The van der Waals surface area contributed by atoms with E-state index in [0.717, 1.165) is 0 Å². The van der Waals surface area contributed by atoms with Crippen molar-refractivity contribution in [1.29, 1.82) is 0 Å². The summed E-state index contributed by atoms with van der Waals surface area (Å²) in [6.07, 6.45) is 0. The average Bonchev–Trinajstić information content (AvgIpc) is 2.27. The quantitative estimate of drug-likeness (QED) is 0.430. The Morgan fingerprint density at radius 3 is 2.81 bits per heavy atom. The molecule has 0 bridgehead atoms. The molecular weight excluding hydrogens is 212 g/mol. The van der Waals surface area contributed by atoms with E-state index >= 15 is 0 Å². The molecule has 2 atom stereocenters. The first-order valence-corrected chi connectivity index (χ1v) is 4.78. The van der Waals surface area contributed by atoms with Gasteiger partial charge in [-0.15, -0.1) is 0 Å². The van der Waals surface area contributed by atoms with Crippen LogP contribution < -0.4 is 15.6 Å². The maximum absolute atomic E-state index is 12.3. The van der Waals surface area contributed by atoms with E-state index in [0.29, 0.717) is 0 Å². The number of rotatable bonds is 2. The van der Waals surface area contributed by atoms with Crippen molar-refractivity contribution in [3.63, 3.8) is 0 Å². The zero-order valence-corrected chi connectivity index (χ0v) is 8.46. The average molecular weight is 224 g/mol. The van der Waals surface area contributed by atoms with Crippen molar-refractivity contribution in [2.75, 3.05) is 13.2 Å². The zero-order valence-electron chi connectivity index (χ0n) is 8.46. The summed E-state index contributed by atoms with van der Waals surface area (Å²) in [5.74, 6) is -0.317. The lowest BCUT2D eigenvalue weighted by molar-refractivity contribution is -0.671. The summed E-state index contributed by atoms with van der Waals surface area (Å²) in [7, 11) is 0. The predicted molar refractivity (Wildman–Crippen MR) is 59.2 cm³/mol. The van der Waals surface area contributed by atoms with Gasteiger partial charge in [-0.3, -0.25) is 5.06 Å². The highest BCUT2D eigenvalue weighted by atomic mass is 16.6. The number of para-hydroxylation sites is 2. The van der Waals surface area contributed by atoms with Crippen LogP contribution >= 0.6 is 0 Å². The minimum absolute atomic E-state index is 0.162. The third-order valence-electron chi connectivity index (χ3n) is 2.43. The maximum Gasteiger partial charge on any atom is 0.351 e. The fraction of sp³-hybridized carbons (Fsp3) is 0.222. The van der Waals surface area contributed by atoms with E-state index in [1.54, 1.807) is 12.1 Å². The van der Waals surface area contributed by atoms with Crippen LogP contribution in [0.2, 0.25) is 0 Å². The summed E-state index contributed by atoms with van der Waals surface area (Å²) in [4.78, 5) is 0. The smallest absolute Gasteiger partial charge is 0.351 e. The largest absolute Gasteiger partial charge is 0.621 e. The highest BCUT2D eigenvalue weighted by molar-refractivity contribution is 5.78. The molecule has 0 fully saturated rings. The van der Waals surface area contributed by atoms with Crippen molar-refractivity contribution in [1.82, 2.24) is 4.76 Å². The molecule has 1 aromatic carbocycles. The normalized spacial score (nSPS) is 28.4. The van der Waals surface area contributed by atoms with Gasteiger partial charge in [-0.1, -0.05) is 12.1 Å². The van der Waals surface area contributed by atoms with Crippen molar-refractivity contribution in [3.8, 4) is 0 Å². The highest BCUT2D eigenvalue weighted by Gasteiger charge is 2.34. The molecule has 0 saturated heterocycles. The lowest BCUT2D eigenvalue weighted by Crippen LogP contribution is -3.08. The van der Waals surface area contributed by atoms with E-state index in [1.165, 1.54) is 12.1 Å². The van der Waals surface area contributed by atoms with Gasteiger partial charge in [-0.25, -0.2) is 0 Å². The molecule has 1 aliphatic heterocycles. The summed E-state index contributed by atoms with van der Waals surface area (Å²) < 4.78 is -1.13. The molecule has 1 aliphatic rings. The van der Waals surface area contributed by atoms with E-state index in [1.807, 2.05) is 0 Å². The third kappa shape index (κ3) is 1.56. The van der Waals surface area contributed by atoms with Crippen molar-refractivity contribution < 1.29 is 10.2 Å². The topological polar surface area (TPSA) is 109 Å². The summed E-state index contributed by atoms with van der Waals surface area (Å²) >= 11 is 0. The second kappa shape index (κ2) is 3.81. The number of hydroxylamine groups is 2. The molecule has 1 aromatic rings. The molecule has 2 rings (SSSR count). The number of aliphatic hydroxyl groups excluding tert-OH is 1. The Kier molecular flexibility index (Phi) is 2.62. The minimum Gasteiger partial charge on any atom is -0.621 e. The monoisotopic (exact) mass is 224 g/mol. The van der Waals surface area contributed by atoms with Crippen molar-refractivity contribution in [2.24, 2.45) is 10.8 Å². The lowest BCUT2D eigenvalue weighted by atomic mass is 10.2. The second-order valence-electron chi connectivity index (χ2n) is 3.48. The van der Waals surface area contributed by atoms with Crippen LogP contribution in [0.5, 0.6) is 0 Å². The van der Waals surface area contributed by atoms with Gasteiger partial charge in [0.05, 0.1) is 6.61 Å². The fourth-order valence-electron chi connectivity index (χ4n) is 1.69. The minimum atomic E-state index is -1.13. The molecule has 0 spiro atoms. The van der Waals surface area contributed by atoms with Gasteiger partial charge in [0.1, 0.15) is 6.54 Å². The number of fused-ring (bicyclic) bond motifs is 1. The maximum atomic E-state index is 12.3. The Morgan fingerprint density at radius 2 is 2.12 bits per heavy atom. The Balaban J connectivity index is 2.56. The number of aliphatic hydroxyl groups is 1. The Hall–Kier alpha value is -1.51. The lowest BCUT2D eigenvalue weighted by Gasteiger charge is -2.39. The zero-order chi connectivity index (χ0) is 11.8. The summed E-state index contributed by atoms with van der Waals surface area (Å²) in [6.45, 7) is -0.492. The van der Waals surface area contributed by atoms with Crippen molar-refractivity contribution in [3.05, 3.63) is 34.7 Å². The highest BCUT2D eigenvalue weighted by Crippen LogP contribution is 2.30. The fourth-order valence-corrected chi connectivity index (χ4v) is 1.69. The number of benzene rings is 1. The molecular formula is C9H12N4O3. The number of quaternary nitrogens is 2. The Morgan fingerprint density at radius 1 is 1.44 bits per heavy atom. The van der Waals surface area contributed by atoms with Gasteiger partial charge in [0.15, 0.2) is 0 Å². The van der Waals surface area contributed by atoms with Gasteiger partial charge in [0.25, 0.3) is 0 Å². The van der Waals surface area contributed by atoms with Crippen LogP contribution in [-0.4, -0.2) is 24.2 Å². The van der Waals surface area contributed by atoms with Gasteiger partial charge in [-0.05, 0) is 0 Å². The SMILES string of the molecule is NC1=N[N+]([O-])(CCO)c2ccccc2[NH+]1[O-]. The molecule has 1 heterocycles. The molecule has 0 aliphatic carbocycles. The molecule has 16 heavy (non-hydrogen) atoms.